The van der Waals surface area contributed by atoms with Gasteiger partial charge in [-0.25, -0.2) is 9.58 Å². The van der Waals surface area contributed by atoms with Crippen LogP contribution in [0.4, 0.5) is 5.82 Å². The van der Waals surface area contributed by atoms with Gasteiger partial charge in [0.25, 0.3) is 5.91 Å². The summed E-state index contributed by atoms with van der Waals surface area (Å²) < 4.78 is 1.20. The number of halogens is 3. The number of nitrogens with zero attached hydrogens (tertiary/aromatic N) is 4. The quantitative estimate of drug-likeness (QED) is 0.392. The minimum absolute atomic E-state index is 0.0765. The number of hydrogen-bond acceptors (Lipinski definition) is 6. The Balaban J connectivity index is 2.07. The summed E-state index contributed by atoms with van der Waals surface area (Å²) in [6, 6.07) is 9.29. The highest BCUT2D eigenvalue weighted by atomic mass is 35.5. The molecule has 2 aromatic carbocycles. The van der Waals surface area contributed by atoms with Crippen LogP contribution in [0.15, 0.2) is 36.4 Å². The smallest absolute Gasteiger partial charge is 0.273 e. The number of benzene rings is 2. The van der Waals surface area contributed by atoms with E-state index in [1.807, 2.05) is 0 Å². The summed E-state index contributed by atoms with van der Waals surface area (Å²) in [6.07, 6.45) is 0. The lowest BCUT2D eigenvalue weighted by Crippen LogP contribution is -2.44. The number of amides is 3. The number of hydrogen-bond donors (Lipinski definition) is 1. The number of rotatable bonds is 8. The third-order valence-electron chi connectivity index (χ3n) is 5.35. The van der Waals surface area contributed by atoms with Gasteiger partial charge in [0.1, 0.15) is 0 Å². The number of primary amides is 1. The van der Waals surface area contributed by atoms with Crippen molar-refractivity contribution < 1.29 is 19.2 Å². The Labute approximate surface area is 228 Å². The first-order valence-electron chi connectivity index (χ1n) is 11.2. The lowest BCUT2D eigenvalue weighted by molar-refractivity contribution is -0.129. The summed E-state index contributed by atoms with van der Waals surface area (Å²) in [5, 5.41) is 8.41. The number of imide groups is 1. The standard InChI is InChI=1S/C25H24Cl3N5O4/c1-12(2)24(36)33(25(37)13(3)4)23-20(22(29)35)30-31-32(23)11-14-9-17(27)19(18(28)10-14)21(34)15-5-7-16(26)8-6-15/h5-10,12-13H,11H2,1-4H3,(H2,29,35). The van der Waals surface area contributed by atoms with E-state index in [4.69, 9.17) is 40.5 Å². The monoisotopic (exact) mass is 563 g/mol. The Morgan fingerprint density at radius 1 is 0.919 bits per heavy atom. The fourth-order valence-electron chi connectivity index (χ4n) is 3.48. The Bertz CT molecular complexity index is 1340. The maximum absolute atomic E-state index is 13.0. The molecule has 0 aliphatic heterocycles. The Kier molecular flexibility index (Phi) is 8.73. The van der Waals surface area contributed by atoms with Crippen LogP contribution in [0.1, 0.15) is 59.7 Å². The van der Waals surface area contributed by atoms with Crippen LogP contribution < -0.4 is 10.6 Å². The molecule has 0 saturated heterocycles. The van der Waals surface area contributed by atoms with Crippen LogP contribution in [-0.4, -0.2) is 38.5 Å². The molecule has 1 aromatic heterocycles. The molecule has 0 fully saturated rings. The molecule has 37 heavy (non-hydrogen) atoms. The molecule has 0 bridgehead atoms. The average Bonchev–Trinajstić information content (AvgIpc) is 3.22. The van der Waals surface area contributed by atoms with E-state index in [0.29, 0.717) is 16.1 Å². The molecule has 3 amide bonds. The van der Waals surface area contributed by atoms with Crippen molar-refractivity contribution in [1.82, 2.24) is 15.0 Å². The molecule has 2 N–H and O–H groups in total. The molecule has 9 nitrogen and oxygen atoms in total. The highest BCUT2D eigenvalue weighted by molar-refractivity contribution is 6.41. The van der Waals surface area contributed by atoms with E-state index in [1.54, 1.807) is 52.0 Å². The molecular formula is C25H24Cl3N5O4. The van der Waals surface area contributed by atoms with Gasteiger partial charge in [-0.3, -0.25) is 19.2 Å². The van der Waals surface area contributed by atoms with Gasteiger partial charge in [0, 0.05) is 22.4 Å². The summed E-state index contributed by atoms with van der Waals surface area (Å²) in [4.78, 5) is 52.1. The Morgan fingerprint density at radius 3 is 1.89 bits per heavy atom. The number of nitrogens with two attached hydrogens (primary N) is 1. The van der Waals surface area contributed by atoms with E-state index < -0.39 is 35.3 Å². The zero-order valence-electron chi connectivity index (χ0n) is 20.5. The number of carbonyl (C=O) groups is 4. The number of aromatic nitrogens is 3. The number of anilines is 1. The van der Waals surface area contributed by atoms with Gasteiger partial charge >= 0.3 is 0 Å². The first-order chi connectivity index (χ1) is 17.3. The van der Waals surface area contributed by atoms with E-state index in [-0.39, 0.29) is 33.7 Å². The molecular weight excluding hydrogens is 541 g/mol. The van der Waals surface area contributed by atoms with Crippen LogP contribution in [0.5, 0.6) is 0 Å². The van der Waals surface area contributed by atoms with Crippen molar-refractivity contribution >= 4 is 64.1 Å². The van der Waals surface area contributed by atoms with Crippen molar-refractivity contribution in [3.63, 3.8) is 0 Å². The fraction of sp³-hybridized carbons (Fsp3) is 0.280. The van der Waals surface area contributed by atoms with E-state index in [0.717, 1.165) is 4.90 Å². The number of carbonyl (C=O) groups excluding carboxylic acids is 4. The summed E-state index contributed by atoms with van der Waals surface area (Å²) in [6.45, 7) is 6.40. The zero-order valence-corrected chi connectivity index (χ0v) is 22.7. The summed E-state index contributed by atoms with van der Waals surface area (Å²) in [5.74, 6) is -3.76. The lowest BCUT2D eigenvalue weighted by atomic mass is 10.0. The van der Waals surface area contributed by atoms with Crippen molar-refractivity contribution in [2.45, 2.75) is 34.2 Å². The van der Waals surface area contributed by atoms with Gasteiger partial charge in [0.2, 0.25) is 11.8 Å². The Morgan fingerprint density at radius 2 is 1.43 bits per heavy atom. The predicted molar refractivity (Wildman–Crippen MR) is 141 cm³/mol. The van der Waals surface area contributed by atoms with Gasteiger partial charge in [0.15, 0.2) is 17.3 Å². The average molecular weight is 565 g/mol. The van der Waals surface area contributed by atoms with Gasteiger partial charge in [-0.2, -0.15) is 0 Å². The summed E-state index contributed by atoms with van der Waals surface area (Å²) in [7, 11) is 0. The van der Waals surface area contributed by atoms with Gasteiger partial charge in [-0.05, 0) is 42.0 Å². The zero-order chi connectivity index (χ0) is 27.6. The minimum atomic E-state index is -0.959. The maximum atomic E-state index is 13.0. The molecule has 0 aliphatic rings. The molecule has 0 atom stereocenters. The molecule has 0 unspecified atom stereocenters. The van der Waals surface area contributed by atoms with Crippen molar-refractivity contribution in [2.75, 3.05) is 4.90 Å². The largest absolute Gasteiger partial charge is 0.364 e. The number of ketones is 1. The first-order valence-corrected chi connectivity index (χ1v) is 12.4. The molecule has 0 saturated carbocycles. The topological polar surface area (TPSA) is 128 Å². The van der Waals surface area contributed by atoms with Gasteiger partial charge in [-0.15, -0.1) is 5.10 Å². The van der Waals surface area contributed by atoms with E-state index in [2.05, 4.69) is 10.3 Å². The van der Waals surface area contributed by atoms with Crippen molar-refractivity contribution in [2.24, 2.45) is 17.6 Å². The van der Waals surface area contributed by atoms with Crippen molar-refractivity contribution in [3.8, 4) is 0 Å². The molecule has 12 heteroatoms. The van der Waals surface area contributed by atoms with Crippen LogP contribution >= 0.6 is 34.8 Å². The Hall–Kier alpha value is -3.27. The highest BCUT2D eigenvalue weighted by Crippen LogP contribution is 2.31. The van der Waals surface area contributed by atoms with Crippen LogP contribution in [-0.2, 0) is 16.1 Å². The third-order valence-corrected chi connectivity index (χ3v) is 6.20. The third kappa shape index (κ3) is 6.01. The van der Waals surface area contributed by atoms with Crippen molar-refractivity contribution in [1.29, 1.82) is 0 Å². The molecule has 0 spiro atoms. The van der Waals surface area contributed by atoms with Crippen LogP contribution in [0.25, 0.3) is 0 Å². The van der Waals surface area contributed by atoms with Crippen molar-refractivity contribution in [3.05, 3.63) is 73.9 Å². The molecule has 3 rings (SSSR count). The predicted octanol–water partition coefficient (Wildman–Crippen LogP) is 4.79. The SMILES string of the molecule is CC(C)C(=O)N(C(=O)C(C)C)c1c(C(N)=O)nnn1Cc1cc(Cl)c(C(=O)c2ccc(Cl)cc2)c(Cl)c1. The highest BCUT2D eigenvalue weighted by Gasteiger charge is 2.35. The molecule has 0 radical (unpaired) electrons. The second kappa shape index (κ2) is 11.4. The van der Waals surface area contributed by atoms with Gasteiger partial charge in [0.05, 0.1) is 22.2 Å². The molecule has 194 valence electrons. The van der Waals surface area contributed by atoms with Crippen LogP contribution in [0.2, 0.25) is 15.1 Å². The lowest BCUT2D eigenvalue weighted by Gasteiger charge is -2.25. The first kappa shape index (κ1) is 28.3. The molecule has 1 heterocycles. The van der Waals surface area contributed by atoms with Gasteiger partial charge < -0.3 is 5.73 Å². The maximum Gasteiger partial charge on any atom is 0.273 e. The van der Waals surface area contributed by atoms with Crippen LogP contribution in [0, 0.1) is 11.8 Å². The van der Waals surface area contributed by atoms with Crippen LogP contribution in [0.3, 0.4) is 0 Å². The fourth-order valence-corrected chi connectivity index (χ4v) is 4.31. The van der Waals surface area contributed by atoms with Gasteiger partial charge in [-0.1, -0.05) is 67.7 Å². The summed E-state index contributed by atoms with van der Waals surface area (Å²) >= 11 is 18.8. The molecule has 3 aromatic rings. The second-order valence-electron chi connectivity index (χ2n) is 8.88. The summed E-state index contributed by atoms with van der Waals surface area (Å²) in [5.41, 5.74) is 6.06. The normalized spacial score (nSPS) is 11.2. The molecule has 0 aliphatic carbocycles. The van der Waals surface area contributed by atoms with E-state index >= 15 is 0 Å². The second-order valence-corrected chi connectivity index (χ2v) is 10.1. The minimum Gasteiger partial charge on any atom is -0.364 e. The van der Waals surface area contributed by atoms with E-state index in [1.165, 1.54) is 16.8 Å². The van der Waals surface area contributed by atoms with E-state index in [9.17, 15) is 19.2 Å².